The van der Waals surface area contributed by atoms with Gasteiger partial charge in [0.2, 0.25) is 5.88 Å². The van der Waals surface area contributed by atoms with Crippen LogP contribution in [-0.2, 0) is 0 Å². The van der Waals surface area contributed by atoms with Crippen LogP contribution in [0.4, 0.5) is 0 Å². The van der Waals surface area contributed by atoms with Crippen molar-refractivity contribution in [3.8, 4) is 11.8 Å². The van der Waals surface area contributed by atoms with Crippen LogP contribution < -0.4 is 16.1 Å². The topological polar surface area (TPSA) is 89.2 Å². The molecule has 106 valence electrons. The molecule has 2 heterocycles. The van der Waals surface area contributed by atoms with Gasteiger partial charge in [0.25, 0.3) is 0 Å². The van der Waals surface area contributed by atoms with Crippen molar-refractivity contribution in [2.75, 3.05) is 0 Å². The maximum Gasteiger partial charge on any atom is 0.343 e. The molecular weight excluding hydrogens is 256 g/mol. The number of allylic oxidation sites excluding steroid dienone is 1. The van der Waals surface area contributed by atoms with Crippen LogP contribution in [0.1, 0.15) is 43.9 Å². The van der Waals surface area contributed by atoms with E-state index in [-0.39, 0.29) is 17.7 Å². The Balaban J connectivity index is 2.64. The third-order valence-electron chi connectivity index (χ3n) is 3.61. The molecule has 0 spiro atoms. The van der Waals surface area contributed by atoms with Gasteiger partial charge in [0.15, 0.2) is 0 Å². The van der Waals surface area contributed by atoms with Gasteiger partial charge in [-0.2, -0.15) is 5.26 Å². The molecule has 2 atom stereocenters. The first-order valence-electron chi connectivity index (χ1n) is 6.71. The third kappa shape index (κ3) is 2.29. The third-order valence-corrected chi connectivity index (χ3v) is 3.61. The smallest absolute Gasteiger partial charge is 0.343 e. The van der Waals surface area contributed by atoms with Crippen LogP contribution in [0.15, 0.2) is 26.7 Å². The Morgan fingerprint density at radius 2 is 2.25 bits per heavy atom. The molecule has 0 bridgehead atoms. The number of hydrogen-bond acceptors (Lipinski definition) is 5. The van der Waals surface area contributed by atoms with Gasteiger partial charge in [0.1, 0.15) is 17.6 Å². The van der Waals surface area contributed by atoms with Crippen molar-refractivity contribution >= 4 is 0 Å². The summed E-state index contributed by atoms with van der Waals surface area (Å²) in [4.78, 5) is 12.2. The minimum absolute atomic E-state index is 0.0814. The van der Waals surface area contributed by atoms with Crippen molar-refractivity contribution < 1.29 is 9.15 Å². The van der Waals surface area contributed by atoms with Crippen LogP contribution in [0, 0.1) is 24.2 Å². The normalized spacial score (nSPS) is 19.0. The fourth-order valence-corrected chi connectivity index (χ4v) is 2.75. The molecule has 5 heteroatoms. The molecule has 20 heavy (non-hydrogen) atoms. The van der Waals surface area contributed by atoms with E-state index < -0.39 is 5.63 Å². The van der Waals surface area contributed by atoms with Gasteiger partial charge in [-0.1, -0.05) is 26.7 Å². The average Bonchev–Trinajstić information content (AvgIpc) is 2.36. The lowest BCUT2D eigenvalue weighted by Crippen LogP contribution is -2.29. The molecule has 5 nitrogen and oxygen atoms in total. The highest BCUT2D eigenvalue weighted by molar-refractivity contribution is 5.48. The monoisotopic (exact) mass is 274 g/mol. The molecule has 0 aromatic carbocycles. The number of aryl methyl sites for hydroxylation is 1. The molecule has 1 aromatic heterocycles. The zero-order valence-corrected chi connectivity index (χ0v) is 11.9. The van der Waals surface area contributed by atoms with E-state index in [1.165, 1.54) is 0 Å². The molecule has 0 unspecified atom stereocenters. The first-order chi connectivity index (χ1) is 9.49. The molecule has 2 rings (SSSR count). The van der Waals surface area contributed by atoms with Crippen molar-refractivity contribution in [1.29, 1.82) is 5.26 Å². The summed E-state index contributed by atoms with van der Waals surface area (Å²) in [6, 6.07) is 3.72. The number of nitrogens with two attached hydrogens (primary N) is 1. The number of ether oxygens (including phenoxy) is 1. The van der Waals surface area contributed by atoms with Gasteiger partial charge in [-0.15, -0.1) is 0 Å². The Bertz CT molecular complexity index is 652. The summed E-state index contributed by atoms with van der Waals surface area (Å²) in [6.07, 6.45) is 1.85. The van der Waals surface area contributed by atoms with E-state index in [1.54, 1.807) is 13.0 Å². The Morgan fingerprint density at radius 1 is 1.55 bits per heavy atom. The maximum atomic E-state index is 12.2. The Labute approximate surface area is 117 Å². The van der Waals surface area contributed by atoms with Gasteiger partial charge in [-0.3, -0.25) is 0 Å². The summed E-state index contributed by atoms with van der Waals surface area (Å²) in [7, 11) is 0. The Kier molecular flexibility index (Phi) is 3.84. The second-order valence-corrected chi connectivity index (χ2v) is 5.16. The zero-order valence-electron chi connectivity index (χ0n) is 11.9. The largest absolute Gasteiger partial charge is 0.440 e. The van der Waals surface area contributed by atoms with E-state index in [4.69, 9.17) is 14.9 Å². The van der Waals surface area contributed by atoms with Gasteiger partial charge >= 0.3 is 5.63 Å². The van der Waals surface area contributed by atoms with Crippen molar-refractivity contribution in [3.05, 3.63) is 39.3 Å². The average molecular weight is 274 g/mol. The zero-order chi connectivity index (χ0) is 14.9. The van der Waals surface area contributed by atoms with Gasteiger partial charge in [0, 0.05) is 12.0 Å². The van der Waals surface area contributed by atoms with Crippen molar-refractivity contribution in [2.45, 2.75) is 39.5 Å². The van der Waals surface area contributed by atoms with Crippen LogP contribution >= 0.6 is 0 Å². The van der Waals surface area contributed by atoms with Gasteiger partial charge < -0.3 is 14.9 Å². The maximum absolute atomic E-state index is 12.2. The highest BCUT2D eigenvalue weighted by Crippen LogP contribution is 2.41. The van der Waals surface area contributed by atoms with E-state index in [9.17, 15) is 10.1 Å². The molecule has 0 fully saturated rings. The minimum Gasteiger partial charge on any atom is -0.440 e. The summed E-state index contributed by atoms with van der Waals surface area (Å²) in [5.41, 5.74) is 6.10. The van der Waals surface area contributed by atoms with Crippen molar-refractivity contribution in [3.63, 3.8) is 0 Å². The number of hydrogen-bond donors (Lipinski definition) is 1. The number of rotatable bonds is 3. The number of fused-ring (bicyclic) bond motifs is 1. The first kappa shape index (κ1) is 14.2. The second-order valence-electron chi connectivity index (χ2n) is 5.16. The lowest BCUT2D eigenvalue weighted by molar-refractivity contribution is 0.338. The van der Waals surface area contributed by atoms with Crippen LogP contribution in [0.2, 0.25) is 0 Å². The lowest BCUT2D eigenvalue weighted by Gasteiger charge is -2.29. The van der Waals surface area contributed by atoms with E-state index in [0.717, 1.165) is 12.8 Å². The number of nitrogens with zero attached hydrogens (tertiary/aromatic N) is 1. The van der Waals surface area contributed by atoms with Gasteiger partial charge in [0.05, 0.1) is 11.1 Å². The molecule has 0 amide bonds. The minimum atomic E-state index is -0.451. The van der Waals surface area contributed by atoms with Gasteiger partial charge in [-0.25, -0.2) is 4.79 Å². The molecule has 1 aliphatic heterocycles. The molecule has 1 aromatic rings. The molecular formula is C15H18N2O3. The second kappa shape index (κ2) is 5.41. The Morgan fingerprint density at radius 3 is 2.85 bits per heavy atom. The molecule has 1 aliphatic rings. The van der Waals surface area contributed by atoms with Crippen LogP contribution in [0.3, 0.4) is 0 Å². The number of nitriles is 1. The molecule has 0 saturated heterocycles. The standard InChI is InChI=1S/C15H18N2O3/c1-4-5-8(2)12-10(7-16)14(17)20-11-6-9(3)19-15(18)13(11)12/h6,8,12H,4-5,17H2,1-3H3/t8-,12-/m1/s1. The highest BCUT2D eigenvalue weighted by Gasteiger charge is 2.36. The molecule has 0 radical (unpaired) electrons. The summed E-state index contributed by atoms with van der Waals surface area (Å²) >= 11 is 0. The van der Waals surface area contributed by atoms with Crippen LogP contribution in [-0.4, -0.2) is 0 Å². The predicted molar refractivity (Wildman–Crippen MR) is 74.0 cm³/mol. The lowest BCUT2D eigenvalue weighted by atomic mass is 9.79. The van der Waals surface area contributed by atoms with Crippen LogP contribution in [0.25, 0.3) is 0 Å². The molecule has 2 N–H and O–H groups in total. The summed E-state index contributed by atoms with van der Waals surface area (Å²) in [6.45, 7) is 5.75. The van der Waals surface area contributed by atoms with E-state index in [1.807, 2.05) is 6.92 Å². The van der Waals surface area contributed by atoms with Crippen molar-refractivity contribution in [1.82, 2.24) is 0 Å². The molecule has 0 aliphatic carbocycles. The molecule has 0 saturated carbocycles. The summed E-state index contributed by atoms with van der Waals surface area (Å²) < 4.78 is 10.6. The van der Waals surface area contributed by atoms with Crippen molar-refractivity contribution in [2.24, 2.45) is 11.7 Å². The Hall–Kier alpha value is -2.22. The fourth-order valence-electron chi connectivity index (χ4n) is 2.75. The predicted octanol–water partition coefficient (Wildman–Crippen LogP) is 2.55. The van der Waals surface area contributed by atoms with E-state index in [2.05, 4.69) is 13.0 Å². The van der Waals surface area contributed by atoms with E-state index >= 15 is 0 Å². The first-order valence-corrected chi connectivity index (χ1v) is 6.71. The quantitative estimate of drug-likeness (QED) is 0.914. The van der Waals surface area contributed by atoms with Gasteiger partial charge in [-0.05, 0) is 12.8 Å². The van der Waals surface area contributed by atoms with E-state index in [0.29, 0.717) is 22.6 Å². The van der Waals surface area contributed by atoms with Crippen LogP contribution in [0.5, 0.6) is 5.75 Å². The fraction of sp³-hybridized carbons (Fsp3) is 0.467. The highest BCUT2D eigenvalue weighted by atomic mass is 16.5. The summed E-state index contributed by atoms with van der Waals surface area (Å²) in [5, 5.41) is 9.32. The SMILES string of the molecule is CCC[C@@H](C)[C@@H]1C(C#N)=C(N)Oc2cc(C)oc(=O)c21. The summed E-state index contributed by atoms with van der Waals surface area (Å²) in [5.74, 6) is 0.701.